The number of rotatable bonds is 11. The summed E-state index contributed by atoms with van der Waals surface area (Å²) in [6.07, 6.45) is 1.15. The van der Waals surface area contributed by atoms with Gasteiger partial charge in [-0.2, -0.15) is 0 Å². The lowest BCUT2D eigenvalue weighted by Crippen LogP contribution is -2.27. The lowest BCUT2D eigenvalue weighted by molar-refractivity contribution is 0.296. The van der Waals surface area contributed by atoms with Crippen LogP contribution in [-0.2, 0) is 13.2 Å². The first-order chi connectivity index (χ1) is 14.2. The Morgan fingerprint density at radius 1 is 0.903 bits per heavy atom. The van der Waals surface area contributed by atoms with E-state index in [0.29, 0.717) is 6.61 Å². The van der Waals surface area contributed by atoms with Gasteiger partial charge in [-0.1, -0.05) is 67.9 Å². The molecule has 0 spiro atoms. The SMILES string of the molecule is CCN(CC)CCCNCc1c(OCc2ccc(Cl)cc2)ccc2ccccc12.Cl.Cl. The Hall–Kier alpha value is -1.49. The van der Waals surface area contributed by atoms with E-state index in [4.69, 9.17) is 16.3 Å². The lowest BCUT2D eigenvalue weighted by atomic mass is 10.0. The van der Waals surface area contributed by atoms with Crippen molar-refractivity contribution >= 4 is 47.2 Å². The van der Waals surface area contributed by atoms with Gasteiger partial charge in [0, 0.05) is 17.1 Å². The second-order valence-electron chi connectivity index (χ2n) is 7.24. The molecule has 3 nitrogen and oxygen atoms in total. The standard InChI is InChI=1S/C25H31ClN2O.2ClH/c1-3-28(4-2)17-7-16-27-18-24-23-9-6-5-8-21(23)12-15-25(24)29-19-20-10-13-22(26)14-11-20;;/h5-6,8-15,27H,3-4,7,16-19H2,1-2H3;2*1H. The summed E-state index contributed by atoms with van der Waals surface area (Å²) in [5.41, 5.74) is 2.33. The van der Waals surface area contributed by atoms with Crippen molar-refractivity contribution in [3.8, 4) is 5.75 Å². The lowest BCUT2D eigenvalue weighted by Gasteiger charge is -2.18. The molecular weight excluding hydrogens is 451 g/mol. The molecule has 0 unspecified atom stereocenters. The van der Waals surface area contributed by atoms with E-state index in [1.165, 1.54) is 16.3 Å². The zero-order chi connectivity index (χ0) is 20.5. The topological polar surface area (TPSA) is 24.5 Å². The van der Waals surface area contributed by atoms with E-state index < -0.39 is 0 Å². The highest BCUT2D eigenvalue weighted by Gasteiger charge is 2.09. The Bertz CT molecular complexity index is 899. The first kappa shape index (κ1) is 27.5. The van der Waals surface area contributed by atoms with Crippen LogP contribution in [0.15, 0.2) is 60.7 Å². The van der Waals surface area contributed by atoms with Gasteiger partial charge in [-0.25, -0.2) is 0 Å². The quantitative estimate of drug-likeness (QED) is 0.306. The van der Waals surface area contributed by atoms with E-state index >= 15 is 0 Å². The van der Waals surface area contributed by atoms with Crippen LogP contribution >= 0.6 is 36.4 Å². The normalized spacial score (nSPS) is 10.6. The summed E-state index contributed by atoms with van der Waals surface area (Å²) in [7, 11) is 0. The highest BCUT2D eigenvalue weighted by molar-refractivity contribution is 6.30. The minimum atomic E-state index is 0. The number of halogens is 3. The summed E-state index contributed by atoms with van der Waals surface area (Å²) in [5.74, 6) is 0.940. The Morgan fingerprint density at radius 2 is 1.61 bits per heavy atom. The van der Waals surface area contributed by atoms with Gasteiger partial charge in [-0.3, -0.25) is 0 Å². The van der Waals surface area contributed by atoms with Crippen molar-refractivity contribution in [2.75, 3.05) is 26.2 Å². The average molecular weight is 484 g/mol. The summed E-state index contributed by atoms with van der Waals surface area (Å²) in [5, 5.41) is 6.85. The van der Waals surface area contributed by atoms with Crippen molar-refractivity contribution in [2.45, 2.75) is 33.4 Å². The van der Waals surface area contributed by atoms with Crippen LogP contribution in [0.1, 0.15) is 31.4 Å². The molecular formula is C25H33Cl3N2O. The minimum Gasteiger partial charge on any atom is -0.489 e. The molecule has 0 atom stereocenters. The van der Waals surface area contributed by atoms with Gasteiger partial charge in [-0.15, -0.1) is 24.8 Å². The van der Waals surface area contributed by atoms with Gasteiger partial charge >= 0.3 is 0 Å². The van der Waals surface area contributed by atoms with Gasteiger partial charge in [0.05, 0.1) is 0 Å². The van der Waals surface area contributed by atoms with Crippen molar-refractivity contribution in [2.24, 2.45) is 0 Å². The summed E-state index contributed by atoms with van der Waals surface area (Å²) < 4.78 is 6.21. The minimum absolute atomic E-state index is 0. The number of nitrogens with zero attached hydrogens (tertiary/aromatic N) is 1. The van der Waals surface area contributed by atoms with Crippen molar-refractivity contribution in [1.82, 2.24) is 10.2 Å². The van der Waals surface area contributed by atoms with Gasteiger partial charge < -0.3 is 15.0 Å². The van der Waals surface area contributed by atoms with Gasteiger partial charge in [0.2, 0.25) is 0 Å². The van der Waals surface area contributed by atoms with Gasteiger partial charge in [0.15, 0.2) is 0 Å². The van der Waals surface area contributed by atoms with Gasteiger partial charge in [-0.05, 0) is 67.1 Å². The molecule has 31 heavy (non-hydrogen) atoms. The molecule has 6 heteroatoms. The first-order valence-electron chi connectivity index (χ1n) is 10.5. The molecule has 1 N–H and O–H groups in total. The molecule has 0 fully saturated rings. The fourth-order valence-electron chi connectivity index (χ4n) is 3.56. The van der Waals surface area contributed by atoms with Crippen molar-refractivity contribution in [3.63, 3.8) is 0 Å². The first-order valence-corrected chi connectivity index (χ1v) is 10.9. The number of nitrogens with one attached hydrogen (secondary N) is 1. The molecule has 3 rings (SSSR count). The Labute approximate surface area is 203 Å². The van der Waals surface area contributed by atoms with Crippen LogP contribution in [0.3, 0.4) is 0 Å². The third-order valence-electron chi connectivity index (χ3n) is 5.33. The molecule has 0 saturated carbocycles. The van der Waals surface area contributed by atoms with Crippen LogP contribution in [0.4, 0.5) is 0 Å². The molecule has 170 valence electrons. The smallest absolute Gasteiger partial charge is 0.124 e. The number of ether oxygens (including phenoxy) is 1. The van der Waals surface area contributed by atoms with Crippen LogP contribution in [0.2, 0.25) is 5.02 Å². The largest absolute Gasteiger partial charge is 0.489 e. The van der Waals surface area contributed by atoms with E-state index in [-0.39, 0.29) is 24.8 Å². The maximum absolute atomic E-state index is 6.21. The van der Waals surface area contributed by atoms with Crippen LogP contribution in [-0.4, -0.2) is 31.1 Å². The Morgan fingerprint density at radius 3 is 2.32 bits per heavy atom. The third kappa shape index (κ3) is 8.17. The fraction of sp³-hybridized carbons (Fsp3) is 0.360. The highest BCUT2D eigenvalue weighted by atomic mass is 35.5. The molecule has 0 saturated heterocycles. The number of fused-ring (bicyclic) bond motifs is 1. The molecule has 0 radical (unpaired) electrons. The number of hydrogen-bond donors (Lipinski definition) is 1. The van der Waals surface area contributed by atoms with Crippen molar-refractivity contribution in [1.29, 1.82) is 0 Å². The second-order valence-corrected chi connectivity index (χ2v) is 7.67. The molecule has 0 aliphatic heterocycles. The maximum atomic E-state index is 6.21. The monoisotopic (exact) mass is 482 g/mol. The van der Waals surface area contributed by atoms with Gasteiger partial charge in [0.25, 0.3) is 0 Å². The Kier molecular flexibility index (Phi) is 12.9. The number of benzene rings is 3. The maximum Gasteiger partial charge on any atom is 0.124 e. The van der Waals surface area contributed by atoms with Gasteiger partial charge in [0.1, 0.15) is 12.4 Å². The molecule has 0 aliphatic carbocycles. The second kappa shape index (κ2) is 14.5. The van der Waals surface area contributed by atoms with E-state index in [0.717, 1.165) is 55.5 Å². The fourth-order valence-corrected chi connectivity index (χ4v) is 3.68. The zero-order valence-corrected chi connectivity index (χ0v) is 20.7. The average Bonchev–Trinajstić information content (AvgIpc) is 2.76. The van der Waals surface area contributed by atoms with Crippen LogP contribution in [0.25, 0.3) is 10.8 Å². The van der Waals surface area contributed by atoms with E-state index in [2.05, 4.69) is 60.5 Å². The molecule has 3 aromatic carbocycles. The van der Waals surface area contributed by atoms with Crippen molar-refractivity contribution < 1.29 is 4.74 Å². The summed E-state index contributed by atoms with van der Waals surface area (Å²) in [6.45, 7) is 10.1. The summed E-state index contributed by atoms with van der Waals surface area (Å²) >= 11 is 5.99. The summed E-state index contributed by atoms with van der Waals surface area (Å²) in [4.78, 5) is 2.46. The van der Waals surface area contributed by atoms with E-state index in [9.17, 15) is 0 Å². The highest BCUT2D eigenvalue weighted by Crippen LogP contribution is 2.29. The molecule has 0 bridgehead atoms. The predicted molar refractivity (Wildman–Crippen MR) is 138 cm³/mol. The van der Waals surface area contributed by atoms with Crippen LogP contribution in [0, 0.1) is 0 Å². The summed E-state index contributed by atoms with van der Waals surface area (Å²) in [6, 6.07) is 20.6. The molecule has 0 heterocycles. The number of hydrogen-bond acceptors (Lipinski definition) is 3. The Balaban J connectivity index is 0.00000240. The predicted octanol–water partition coefficient (Wildman–Crippen LogP) is 6.74. The third-order valence-corrected chi connectivity index (χ3v) is 5.58. The molecule has 0 aliphatic rings. The zero-order valence-electron chi connectivity index (χ0n) is 18.3. The van der Waals surface area contributed by atoms with E-state index in [1.54, 1.807) is 0 Å². The van der Waals surface area contributed by atoms with Crippen molar-refractivity contribution in [3.05, 3.63) is 76.8 Å². The van der Waals surface area contributed by atoms with Crippen LogP contribution < -0.4 is 10.1 Å². The van der Waals surface area contributed by atoms with Crippen LogP contribution in [0.5, 0.6) is 5.75 Å². The van der Waals surface area contributed by atoms with E-state index in [1.807, 2.05) is 24.3 Å². The molecule has 0 aromatic heterocycles. The molecule has 3 aromatic rings. The molecule has 0 amide bonds.